The van der Waals surface area contributed by atoms with Crippen LogP contribution in [0.5, 0.6) is 0 Å². The van der Waals surface area contributed by atoms with E-state index in [1.165, 1.54) is 6.26 Å². The smallest absolute Gasteiger partial charge is 0.234 e. The van der Waals surface area contributed by atoms with Crippen molar-refractivity contribution in [3.05, 3.63) is 59.0 Å². The summed E-state index contributed by atoms with van der Waals surface area (Å²) in [5.41, 5.74) is 0.906. The molecule has 1 N–H and O–H groups in total. The molecule has 0 unspecified atom stereocenters. The Bertz CT molecular complexity index is 740. The summed E-state index contributed by atoms with van der Waals surface area (Å²) in [5, 5.41) is 3.56. The molecule has 1 saturated heterocycles. The Morgan fingerprint density at radius 1 is 1.00 bits per heavy atom. The topological polar surface area (TPSA) is 65.8 Å². The number of hydrogen-bond donors (Lipinski definition) is 1. The van der Waals surface area contributed by atoms with Crippen LogP contribution in [0.15, 0.2) is 47.1 Å². The first kappa shape index (κ1) is 18.6. The fourth-order valence-electron chi connectivity index (χ4n) is 2.92. The van der Waals surface area contributed by atoms with E-state index < -0.39 is 0 Å². The minimum Gasteiger partial charge on any atom is -0.461 e. The molecule has 2 aromatic rings. The largest absolute Gasteiger partial charge is 0.461 e. The van der Waals surface area contributed by atoms with Crippen LogP contribution in [0.3, 0.4) is 0 Å². The van der Waals surface area contributed by atoms with Crippen molar-refractivity contribution < 1.29 is 14.0 Å². The van der Waals surface area contributed by atoms with Crippen molar-refractivity contribution in [2.24, 2.45) is 0 Å². The van der Waals surface area contributed by atoms with Crippen LogP contribution in [0.25, 0.3) is 0 Å². The first-order valence-corrected chi connectivity index (χ1v) is 9.01. The number of carbonyl (C=O) groups is 2. The first-order valence-electron chi connectivity index (χ1n) is 8.63. The average Bonchev–Trinajstić information content (AvgIpc) is 3.17. The highest BCUT2D eigenvalue weighted by atomic mass is 35.5. The number of benzene rings is 1. The summed E-state index contributed by atoms with van der Waals surface area (Å²) in [6, 6.07) is 10.9. The van der Waals surface area contributed by atoms with Crippen molar-refractivity contribution >= 4 is 23.3 Å². The fraction of sp³-hybridized carbons (Fsp3) is 0.368. The summed E-state index contributed by atoms with van der Waals surface area (Å²) in [7, 11) is 0. The highest BCUT2D eigenvalue weighted by Crippen LogP contribution is 2.14. The number of ketones is 1. The molecule has 0 aliphatic carbocycles. The molecule has 26 heavy (non-hydrogen) atoms. The maximum Gasteiger partial charge on any atom is 0.234 e. The molecule has 1 aromatic heterocycles. The second-order valence-corrected chi connectivity index (χ2v) is 6.73. The molecular formula is C19H22ClN3O3. The summed E-state index contributed by atoms with van der Waals surface area (Å²) in [6.45, 7) is 4.14. The number of rotatable bonds is 7. The van der Waals surface area contributed by atoms with Gasteiger partial charge < -0.3 is 9.73 Å². The Labute approximate surface area is 157 Å². The molecule has 1 aromatic carbocycles. The molecule has 2 heterocycles. The number of piperazine rings is 1. The molecule has 0 bridgehead atoms. The normalized spacial score (nSPS) is 15.7. The molecule has 1 aliphatic rings. The number of carbonyl (C=O) groups excluding carboxylic acids is 2. The molecule has 1 fully saturated rings. The van der Waals surface area contributed by atoms with Crippen molar-refractivity contribution in [2.45, 2.75) is 6.54 Å². The van der Waals surface area contributed by atoms with Crippen LogP contribution < -0.4 is 5.32 Å². The van der Waals surface area contributed by atoms with Gasteiger partial charge in [-0.3, -0.25) is 19.4 Å². The number of furan rings is 1. The Kier molecular flexibility index (Phi) is 6.44. The van der Waals surface area contributed by atoms with Crippen LogP contribution in [-0.2, 0) is 11.3 Å². The number of nitrogens with one attached hydrogen (secondary N) is 1. The number of hydrogen-bond acceptors (Lipinski definition) is 5. The lowest BCUT2D eigenvalue weighted by Crippen LogP contribution is -2.50. The van der Waals surface area contributed by atoms with E-state index in [0.717, 1.165) is 31.7 Å². The summed E-state index contributed by atoms with van der Waals surface area (Å²) in [4.78, 5) is 28.4. The predicted molar refractivity (Wildman–Crippen MR) is 99.2 cm³/mol. The van der Waals surface area contributed by atoms with Gasteiger partial charge in [0, 0.05) is 37.7 Å². The van der Waals surface area contributed by atoms with Gasteiger partial charge >= 0.3 is 0 Å². The molecule has 6 nitrogen and oxygen atoms in total. The van der Waals surface area contributed by atoms with Gasteiger partial charge in [0.2, 0.25) is 11.7 Å². The number of amides is 1. The predicted octanol–water partition coefficient (Wildman–Crippen LogP) is 2.05. The zero-order chi connectivity index (χ0) is 18.4. The molecule has 1 aliphatic heterocycles. The summed E-state index contributed by atoms with van der Waals surface area (Å²) in [5.74, 6) is 0.359. The van der Waals surface area contributed by atoms with Crippen molar-refractivity contribution in [3.63, 3.8) is 0 Å². The summed E-state index contributed by atoms with van der Waals surface area (Å²) < 4.78 is 5.13. The zero-order valence-corrected chi connectivity index (χ0v) is 15.2. The highest BCUT2D eigenvalue weighted by molar-refractivity contribution is 6.31. The maximum absolute atomic E-state index is 12.1. The third-order valence-corrected chi connectivity index (χ3v) is 4.80. The van der Waals surface area contributed by atoms with Crippen molar-refractivity contribution in [3.8, 4) is 0 Å². The third kappa shape index (κ3) is 5.17. The molecule has 0 saturated carbocycles. The quantitative estimate of drug-likeness (QED) is 0.750. The van der Waals surface area contributed by atoms with Crippen LogP contribution in [0.2, 0.25) is 5.02 Å². The number of halogens is 1. The van der Waals surface area contributed by atoms with Gasteiger partial charge in [-0.25, -0.2) is 0 Å². The van der Waals surface area contributed by atoms with Crippen molar-refractivity contribution in [1.82, 2.24) is 15.1 Å². The first-order chi connectivity index (χ1) is 12.6. The van der Waals surface area contributed by atoms with E-state index >= 15 is 0 Å². The number of nitrogens with zero attached hydrogens (tertiary/aromatic N) is 2. The molecule has 7 heteroatoms. The van der Waals surface area contributed by atoms with E-state index in [4.69, 9.17) is 16.0 Å². The Hall–Kier alpha value is -2.15. The molecular weight excluding hydrogens is 354 g/mol. The highest BCUT2D eigenvalue weighted by Gasteiger charge is 2.21. The standard InChI is InChI=1S/C19H22ClN3O3/c20-16-5-2-1-4-15(16)12-21-19(25)14-23-9-7-22(8-10-23)13-17(24)18-6-3-11-26-18/h1-6,11H,7-10,12-14H2,(H,21,25). The lowest BCUT2D eigenvalue weighted by molar-refractivity contribution is -0.122. The van der Waals surface area contributed by atoms with E-state index in [0.29, 0.717) is 30.4 Å². The Balaban J connectivity index is 1.37. The lowest BCUT2D eigenvalue weighted by atomic mass is 10.2. The van der Waals surface area contributed by atoms with Gasteiger partial charge in [-0.05, 0) is 23.8 Å². The van der Waals surface area contributed by atoms with Crippen LogP contribution in [0, 0.1) is 0 Å². The van der Waals surface area contributed by atoms with E-state index in [1.807, 2.05) is 24.3 Å². The molecule has 0 atom stereocenters. The SMILES string of the molecule is O=C(CN1CCN(CC(=O)c2ccco2)CC1)NCc1ccccc1Cl. The van der Waals surface area contributed by atoms with Crippen LogP contribution in [0.4, 0.5) is 0 Å². The monoisotopic (exact) mass is 375 g/mol. The molecule has 0 radical (unpaired) electrons. The van der Waals surface area contributed by atoms with Crippen LogP contribution >= 0.6 is 11.6 Å². The zero-order valence-electron chi connectivity index (χ0n) is 14.5. The van der Waals surface area contributed by atoms with Gasteiger partial charge in [0.15, 0.2) is 5.76 Å². The van der Waals surface area contributed by atoms with Crippen molar-refractivity contribution in [1.29, 1.82) is 0 Å². The van der Waals surface area contributed by atoms with Gasteiger partial charge in [0.05, 0.1) is 19.4 Å². The Morgan fingerprint density at radius 2 is 1.69 bits per heavy atom. The van der Waals surface area contributed by atoms with Gasteiger partial charge in [-0.1, -0.05) is 29.8 Å². The summed E-state index contributed by atoms with van der Waals surface area (Å²) >= 11 is 6.09. The molecule has 3 rings (SSSR count). The molecule has 138 valence electrons. The van der Waals surface area contributed by atoms with Gasteiger partial charge in [0.25, 0.3) is 0 Å². The van der Waals surface area contributed by atoms with E-state index in [9.17, 15) is 9.59 Å². The van der Waals surface area contributed by atoms with Crippen molar-refractivity contribution in [2.75, 3.05) is 39.3 Å². The maximum atomic E-state index is 12.1. The fourth-order valence-corrected chi connectivity index (χ4v) is 3.12. The average molecular weight is 376 g/mol. The van der Waals surface area contributed by atoms with E-state index in [1.54, 1.807) is 12.1 Å². The minimum absolute atomic E-state index is 0.0130. The third-order valence-electron chi connectivity index (χ3n) is 4.43. The minimum atomic E-state index is -0.0231. The van der Waals surface area contributed by atoms with Crippen LogP contribution in [-0.4, -0.2) is 60.8 Å². The van der Waals surface area contributed by atoms with Gasteiger partial charge in [0.1, 0.15) is 0 Å². The van der Waals surface area contributed by atoms with Crippen LogP contribution in [0.1, 0.15) is 16.1 Å². The second-order valence-electron chi connectivity index (χ2n) is 6.32. The molecule has 1 amide bonds. The lowest BCUT2D eigenvalue weighted by Gasteiger charge is -2.33. The Morgan fingerprint density at radius 3 is 2.35 bits per heavy atom. The van der Waals surface area contributed by atoms with Gasteiger partial charge in [-0.15, -0.1) is 0 Å². The number of Topliss-reactive ketones (excluding diaryl/α,β-unsaturated/α-hetero) is 1. The molecule has 0 spiro atoms. The van der Waals surface area contributed by atoms with Gasteiger partial charge in [-0.2, -0.15) is 0 Å². The second kappa shape index (κ2) is 8.98. The van der Waals surface area contributed by atoms with E-state index in [2.05, 4.69) is 15.1 Å². The summed E-state index contributed by atoms with van der Waals surface area (Å²) in [6.07, 6.45) is 1.51. The van der Waals surface area contributed by atoms with E-state index in [-0.39, 0.29) is 11.7 Å².